The number of sulfonamides is 1. The maximum absolute atomic E-state index is 12.9. The molecule has 2 aliphatic rings. The van der Waals surface area contributed by atoms with Gasteiger partial charge >= 0.3 is 0 Å². The summed E-state index contributed by atoms with van der Waals surface area (Å²) in [6.07, 6.45) is 0. The van der Waals surface area contributed by atoms with E-state index in [1.807, 2.05) is 13.8 Å². The largest absolute Gasteiger partial charge is 0.490 e. The van der Waals surface area contributed by atoms with Crippen LogP contribution in [0.15, 0.2) is 23.1 Å². The van der Waals surface area contributed by atoms with Gasteiger partial charge < -0.3 is 14.8 Å². The summed E-state index contributed by atoms with van der Waals surface area (Å²) in [6, 6.07) is 4.87. The molecule has 23 heavy (non-hydrogen) atoms. The standard InChI is InChI=1S/C16H24N2O4S/c1-3-21-15-6-5-14(7-16(15)22-4-2)23(19,20)18-10-12-8-17-9-13(12)11-18/h5-7,12-13,17H,3-4,8-11H2,1-2H3/t12-,13+. The van der Waals surface area contributed by atoms with Crippen molar-refractivity contribution in [3.8, 4) is 11.5 Å². The first-order valence-electron chi connectivity index (χ1n) is 8.16. The van der Waals surface area contributed by atoms with E-state index in [1.165, 1.54) is 0 Å². The van der Waals surface area contributed by atoms with Crippen molar-refractivity contribution in [2.75, 3.05) is 39.4 Å². The summed E-state index contributed by atoms with van der Waals surface area (Å²) in [7, 11) is -3.48. The SMILES string of the molecule is CCOc1ccc(S(=O)(=O)N2C[C@H]3CNC[C@H]3C2)cc1OCC. The molecule has 0 aliphatic carbocycles. The molecular formula is C16H24N2O4S. The van der Waals surface area contributed by atoms with E-state index < -0.39 is 10.0 Å². The normalized spacial score (nSPS) is 24.6. The predicted octanol–water partition coefficient (Wildman–Crippen LogP) is 1.32. The Hall–Kier alpha value is -1.31. The first kappa shape index (κ1) is 16.5. The van der Waals surface area contributed by atoms with Gasteiger partial charge in [-0.05, 0) is 50.9 Å². The molecule has 1 aromatic carbocycles. The van der Waals surface area contributed by atoms with Gasteiger partial charge in [-0.25, -0.2) is 8.42 Å². The Kier molecular flexibility index (Phi) is 4.79. The lowest BCUT2D eigenvalue weighted by molar-refractivity contribution is 0.287. The quantitative estimate of drug-likeness (QED) is 0.846. The number of nitrogens with one attached hydrogen (secondary N) is 1. The molecule has 0 spiro atoms. The highest BCUT2D eigenvalue weighted by Crippen LogP contribution is 2.34. The summed E-state index contributed by atoms with van der Waals surface area (Å²) in [5.74, 6) is 1.92. The van der Waals surface area contributed by atoms with Crippen molar-refractivity contribution in [3.05, 3.63) is 18.2 Å². The summed E-state index contributed by atoms with van der Waals surface area (Å²) >= 11 is 0. The van der Waals surface area contributed by atoms with Crippen LogP contribution < -0.4 is 14.8 Å². The zero-order chi connectivity index (χ0) is 16.4. The number of fused-ring (bicyclic) bond motifs is 1. The zero-order valence-corrected chi connectivity index (χ0v) is 14.4. The molecule has 128 valence electrons. The second-order valence-corrected chi connectivity index (χ2v) is 7.91. The molecular weight excluding hydrogens is 316 g/mol. The Morgan fingerprint density at radius 2 is 1.70 bits per heavy atom. The Balaban J connectivity index is 1.86. The molecule has 0 unspecified atom stereocenters. The molecule has 3 rings (SSSR count). The minimum atomic E-state index is -3.48. The van der Waals surface area contributed by atoms with E-state index in [-0.39, 0.29) is 4.90 Å². The van der Waals surface area contributed by atoms with Gasteiger partial charge in [0.25, 0.3) is 0 Å². The van der Waals surface area contributed by atoms with E-state index in [9.17, 15) is 8.42 Å². The van der Waals surface area contributed by atoms with E-state index in [1.54, 1.807) is 22.5 Å². The third kappa shape index (κ3) is 3.18. The second-order valence-electron chi connectivity index (χ2n) is 5.97. The number of ether oxygens (including phenoxy) is 2. The molecule has 7 heteroatoms. The number of nitrogens with zero attached hydrogens (tertiary/aromatic N) is 1. The monoisotopic (exact) mass is 340 g/mol. The third-order valence-corrected chi connectivity index (χ3v) is 6.34. The van der Waals surface area contributed by atoms with Crippen molar-refractivity contribution in [1.82, 2.24) is 9.62 Å². The zero-order valence-electron chi connectivity index (χ0n) is 13.6. The molecule has 2 aliphatic heterocycles. The van der Waals surface area contributed by atoms with Crippen molar-refractivity contribution in [2.24, 2.45) is 11.8 Å². The number of hydrogen-bond donors (Lipinski definition) is 1. The molecule has 0 aromatic heterocycles. The lowest BCUT2D eigenvalue weighted by atomic mass is 10.0. The molecule has 0 radical (unpaired) electrons. The highest BCUT2D eigenvalue weighted by Gasteiger charge is 2.41. The van der Waals surface area contributed by atoms with Gasteiger partial charge in [0.15, 0.2) is 11.5 Å². The van der Waals surface area contributed by atoms with Crippen LogP contribution in [0.4, 0.5) is 0 Å². The van der Waals surface area contributed by atoms with Crippen molar-refractivity contribution in [2.45, 2.75) is 18.7 Å². The van der Waals surface area contributed by atoms with Gasteiger partial charge in [-0.15, -0.1) is 0 Å². The minimum Gasteiger partial charge on any atom is -0.490 e. The highest BCUT2D eigenvalue weighted by atomic mass is 32.2. The van der Waals surface area contributed by atoms with Gasteiger partial charge in [0, 0.05) is 19.2 Å². The molecule has 2 saturated heterocycles. The van der Waals surface area contributed by atoms with E-state index in [2.05, 4.69) is 5.32 Å². The summed E-state index contributed by atoms with van der Waals surface area (Å²) in [6.45, 7) is 7.73. The van der Waals surface area contributed by atoms with Crippen LogP contribution in [0.5, 0.6) is 11.5 Å². The topological polar surface area (TPSA) is 67.9 Å². The summed E-state index contributed by atoms with van der Waals surface area (Å²) in [5, 5.41) is 3.33. The molecule has 2 atom stereocenters. The fourth-order valence-electron chi connectivity index (χ4n) is 3.35. The van der Waals surface area contributed by atoms with E-state index in [0.717, 1.165) is 13.1 Å². The van der Waals surface area contributed by atoms with Gasteiger partial charge in [-0.2, -0.15) is 4.31 Å². The van der Waals surface area contributed by atoms with Crippen molar-refractivity contribution >= 4 is 10.0 Å². The third-order valence-electron chi connectivity index (χ3n) is 4.51. The maximum Gasteiger partial charge on any atom is 0.243 e. The van der Waals surface area contributed by atoms with Crippen LogP contribution in [0, 0.1) is 11.8 Å². The minimum absolute atomic E-state index is 0.275. The van der Waals surface area contributed by atoms with Gasteiger partial charge in [-0.3, -0.25) is 0 Å². The molecule has 6 nitrogen and oxygen atoms in total. The lowest BCUT2D eigenvalue weighted by Crippen LogP contribution is -2.32. The van der Waals surface area contributed by atoms with Gasteiger partial charge in [-0.1, -0.05) is 0 Å². The Bertz CT molecular complexity index is 650. The summed E-state index contributed by atoms with van der Waals surface area (Å²) in [5.41, 5.74) is 0. The van der Waals surface area contributed by atoms with E-state index in [4.69, 9.17) is 9.47 Å². The number of hydrogen-bond acceptors (Lipinski definition) is 5. The molecule has 2 fully saturated rings. The molecule has 0 saturated carbocycles. The number of benzene rings is 1. The van der Waals surface area contributed by atoms with Crippen LogP contribution in [0.2, 0.25) is 0 Å². The maximum atomic E-state index is 12.9. The van der Waals surface area contributed by atoms with Crippen LogP contribution in [0.3, 0.4) is 0 Å². The highest BCUT2D eigenvalue weighted by molar-refractivity contribution is 7.89. The van der Waals surface area contributed by atoms with Gasteiger partial charge in [0.1, 0.15) is 0 Å². The average Bonchev–Trinajstić information content (AvgIpc) is 3.11. The van der Waals surface area contributed by atoms with Crippen LogP contribution in [0.25, 0.3) is 0 Å². The van der Waals surface area contributed by atoms with Gasteiger partial charge in [0.2, 0.25) is 10.0 Å². The van der Waals surface area contributed by atoms with Crippen molar-refractivity contribution in [1.29, 1.82) is 0 Å². The molecule has 2 heterocycles. The van der Waals surface area contributed by atoms with Gasteiger partial charge in [0.05, 0.1) is 18.1 Å². The Morgan fingerprint density at radius 3 is 2.30 bits per heavy atom. The van der Waals surface area contributed by atoms with Crippen LogP contribution in [-0.4, -0.2) is 52.1 Å². The first-order valence-corrected chi connectivity index (χ1v) is 9.60. The van der Waals surface area contributed by atoms with Crippen LogP contribution >= 0.6 is 0 Å². The molecule has 0 bridgehead atoms. The lowest BCUT2D eigenvalue weighted by Gasteiger charge is -2.19. The summed E-state index contributed by atoms with van der Waals surface area (Å²) in [4.78, 5) is 0.275. The first-order chi connectivity index (χ1) is 11.1. The van der Waals surface area contributed by atoms with Crippen LogP contribution in [0.1, 0.15) is 13.8 Å². The van der Waals surface area contributed by atoms with Crippen molar-refractivity contribution < 1.29 is 17.9 Å². The second kappa shape index (κ2) is 6.67. The molecule has 1 aromatic rings. The molecule has 0 amide bonds. The smallest absolute Gasteiger partial charge is 0.243 e. The Labute approximate surface area is 137 Å². The number of rotatable bonds is 6. The van der Waals surface area contributed by atoms with E-state index >= 15 is 0 Å². The fourth-order valence-corrected chi connectivity index (χ4v) is 4.92. The van der Waals surface area contributed by atoms with Crippen molar-refractivity contribution in [3.63, 3.8) is 0 Å². The molecule has 1 N–H and O–H groups in total. The Morgan fingerprint density at radius 1 is 1.09 bits per heavy atom. The summed E-state index contributed by atoms with van der Waals surface area (Å²) < 4.78 is 38.5. The van der Waals surface area contributed by atoms with Crippen LogP contribution in [-0.2, 0) is 10.0 Å². The van der Waals surface area contributed by atoms with E-state index in [0.29, 0.717) is 49.6 Å². The fraction of sp³-hybridized carbons (Fsp3) is 0.625. The average molecular weight is 340 g/mol. The predicted molar refractivity (Wildman–Crippen MR) is 87.4 cm³/mol.